The fourth-order valence-electron chi connectivity index (χ4n) is 1.60. The molecule has 19 heavy (non-hydrogen) atoms. The minimum absolute atomic E-state index is 0.120. The second-order valence-electron chi connectivity index (χ2n) is 4.04. The van der Waals surface area contributed by atoms with Crippen molar-refractivity contribution in [3.63, 3.8) is 0 Å². The van der Waals surface area contributed by atoms with Gasteiger partial charge in [-0.3, -0.25) is 0 Å². The third kappa shape index (κ3) is 4.09. The van der Waals surface area contributed by atoms with Gasteiger partial charge in [0.15, 0.2) is 0 Å². The van der Waals surface area contributed by atoms with Crippen LogP contribution in [0.4, 0.5) is 0 Å². The Labute approximate surface area is 111 Å². The van der Waals surface area contributed by atoms with Crippen LogP contribution in [0.2, 0.25) is 0 Å². The number of primary sulfonamides is 1. The van der Waals surface area contributed by atoms with Crippen LogP contribution in [0.5, 0.6) is 0 Å². The molecule has 1 aromatic carbocycles. The fourth-order valence-corrected chi connectivity index (χ4v) is 2.19. The maximum atomic E-state index is 11.2. The lowest BCUT2D eigenvalue weighted by Crippen LogP contribution is -2.15. The van der Waals surface area contributed by atoms with Gasteiger partial charge in [-0.1, -0.05) is 12.1 Å². The molecule has 0 bridgehead atoms. The Balaban J connectivity index is 1.97. The van der Waals surface area contributed by atoms with Gasteiger partial charge in [-0.15, -0.1) is 0 Å². The first-order valence-corrected chi connectivity index (χ1v) is 7.17. The SMILES string of the molecule is NS(=O)(=O)c1cccc(CNCc2cncnc2)c1. The van der Waals surface area contributed by atoms with Crippen LogP contribution < -0.4 is 10.5 Å². The van der Waals surface area contributed by atoms with E-state index in [9.17, 15) is 8.42 Å². The van der Waals surface area contributed by atoms with Gasteiger partial charge in [0.05, 0.1) is 4.90 Å². The summed E-state index contributed by atoms with van der Waals surface area (Å²) in [6, 6.07) is 6.54. The zero-order valence-electron chi connectivity index (χ0n) is 10.2. The molecule has 1 aromatic heterocycles. The summed E-state index contributed by atoms with van der Waals surface area (Å²) in [6.07, 6.45) is 4.92. The van der Waals surface area contributed by atoms with Crippen LogP contribution in [-0.2, 0) is 23.1 Å². The molecule has 0 saturated heterocycles. The van der Waals surface area contributed by atoms with Crippen molar-refractivity contribution in [3.05, 3.63) is 54.1 Å². The molecule has 0 spiro atoms. The van der Waals surface area contributed by atoms with Gasteiger partial charge in [-0.2, -0.15) is 0 Å². The van der Waals surface area contributed by atoms with Gasteiger partial charge >= 0.3 is 0 Å². The minimum atomic E-state index is -3.65. The fraction of sp³-hybridized carbons (Fsp3) is 0.167. The molecule has 0 atom stereocenters. The monoisotopic (exact) mass is 278 g/mol. The first-order valence-electron chi connectivity index (χ1n) is 5.62. The number of hydrogen-bond donors (Lipinski definition) is 2. The lowest BCUT2D eigenvalue weighted by Gasteiger charge is -2.06. The summed E-state index contributed by atoms with van der Waals surface area (Å²) in [4.78, 5) is 7.94. The van der Waals surface area contributed by atoms with Crippen LogP contribution in [0.1, 0.15) is 11.1 Å². The van der Waals surface area contributed by atoms with Crippen LogP contribution in [0.3, 0.4) is 0 Å². The Morgan fingerprint density at radius 1 is 1.11 bits per heavy atom. The van der Waals surface area contributed by atoms with E-state index in [2.05, 4.69) is 15.3 Å². The third-order valence-corrected chi connectivity index (χ3v) is 3.41. The summed E-state index contributed by atoms with van der Waals surface area (Å²) >= 11 is 0. The highest BCUT2D eigenvalue weighted by Gasteiger charge is 2.07. The normalized spacial score (nSPS) is 11.4. The van der Waals surface area contributed by atoms with Crippen molar-refractivity contribution in [1.29, 1.82) is 0 Å². The maximum Gasteiger partial charge on any atom is 0.238 e. The zero-order valence-corrected chi connectivity index (χ0v) is 11.0. The van der Waals surface area contributed by atoms with Crippen molar-refractivity contribution in [2.45, 2.75) is 18.0 Å². The van der Waals surface area contributed by atoms with E-state index in [0.717, 1.165) is 11.1 Å². The molecule has 0 aliphatic heterocycles. The van der Waals surface area contributed by atoms with E-state index in [4.69, 9.17) is 5.14 Å². The highest BCUT2D eigenvalue weighted by atomic mass is 32.2. The highest BCUT2D eigenvalue weighted by Crippen LogP contribution is 2.09. The summed E-state index contributed by atoms with van der Waals surface area (Å²) in [5.41, 5.74) is 1.81. The second-order valence-corrected chi connectivity index (χ2v) is 5.60. The molecule has 7 heteroatoms. The summed E-state index contributed by atoms with van der Waals surface area (Å²) in [6.45, 7) is 1.15. The molecule has 100 valence electrons. The average Bonchev–Trinajstić information content (AvgIpc) is 2.39. The van der Waals surface area contributed by atoms with Crippen molar-refractivity contribution in [1.82, 2.24) is 15.3 Å². The smallest absolute Gasteiger partial charge is 0.238 e. The lowest BCUT2D eigenvalue weighted by molar-refractivity contribution is 0.597. The van der Waals surface area contributed by atoms with Crippen LogP contribution in [0.15, 0.2) is 47.9 Å². The predicted molar refractivity (Wildman–Crippen MR) is 70.4 cm³/mol. The van der Waals surface area contributed by atoms with E-state index in [1.807, 2.05) is 6.07 Å². The summed E-state index contributed by atoms with van der Waals surface area (Å²) < 4.78 is 22.4. The van der Waals surface area contributed by atoms with Gasteiger partial charge < -0.3 is 5.32 Å². The lowest BCUT2D eigenvalue weighted by atomic mass is 10.2. The number of nitrogens with one attached hydrogen (secondary N) is 1. The minimum Gasteiger partial charge on any atom is -0.309 e. The number of nitrogens with zero attached hydrogens (tertiary/aromatic N) is 2. The summed E-state index contributed by atoms with van der Waals surface area (Å²) in [5.74, 6) is 0. The van der Waals surface area contributed by atoms with Crippen molar-refractivity contribution < 1.29 is 8.42 Å². The van der Waals surface area contributed by atoms with Gasteiger partial charge in [0, 0.05) is 31.0 Å². The third-order valence-electron chi connectivity index (χ3n) is 2.50. The van der Waals surface area contributed by atoms with Crippen LogP contribution in [0, 0.1) is 0 Å². The highest BCUT2D eigenvalue weighted by molar-refractivity contribution is 7.89. The first kappa shape index (κ1) is 13.6. The number of benzene rings is 1. The Morgan fingerprint density at radius 2 is 1.79 bits per heavy atom. The molecular formula is C12H14N4O2S. The van der Waals surface area contributed by atoms with Gasteiger partial charge in [0.2, 0.25) is 10.0 Å². The van der Waals surface area contributed by atoms with Crippen LogP contribution in [-0.4, -0.2) is 18.4 Å². The zero-order chi connectivity index (χ0) is 13.7. The maximum absolute atomic E-state index is 11.2. The molecule has 0 aliphatic carbocycles. The van der Waals surface area contributed by atoms with Crippen molar-refractivity contribution in [3.8, 4) is 0 Å². The van der Waals surface area contributed by atoms with E-state index >= 15 is 0 Å². The predicted octanol–water partition coefficient (Wildman–Crippen LogP) is 0.414. The molecule has 2 aromatic rings. The Bertz CT molecular complexity index is 644. The Hall–Kier alpha value is -1.83. The molecule has 1 heterocycles. The topological polar surface area (TPSA) is 98.0 Å². The van der Waals surface area contributed by atoms with Crippen molar-refractivity contribution in [2.24, 2.45) is 5.14 Å². The molecule has 0 radical (unpaired) electrons. The number of hydrogen-bond acceptors (Lipinski definition) is 5. The molecule has 0 fully saturated rings. The van der Waals surface area contributed by atoms with Crippen molar-refractivity contribution in [2.75, 3.05) is 0 Å². The molecule has 6 nitrogen and oxygen atoms in total. The molecule has 0 unspecified atom stereocenters. The van der Waals surface area contributed by atoms with Gasteiger partial charge in [0.1, 0.15) is 6.33 Å². The van der Waals surface area contributed by atoms with E-state index < -0.39 is 10.0 Å². The first-order chi connectivity index (χ1) is 9.05. The number of sulfonamides is 1. The molecule has 3 N–H and O–H groups in total. The van der Waals surface area contributed by atoms with Crippen LogP contribution >= 0.6 is 0 Å². The van der Waals surface area contributed by atoms with E-state index in [0.29, 0.717) is 13.1 Å². The molecule has 0 saturated carbocycles. The van der Waals surface area contributed by atoms with E-state index in [1.54, 1.807) is 24.5 Å². The second kappa shape index (κ2) is 5.87. The van der Waals surface area contributed by atoms with E-state index in [1.165, 1.54) is 12.4 Å². The van der Waals surface area contributed by atoms with Crippen molar-refractivity contribution >= 4 is 10.0 Å². The molecular weight excluding hydrogens is 264 g/mol. The Kier molecular flexibility index (Phi) is 4.20. The molecule has 0 aliphatic rings. The number of rotatable bonds is 5. The molecule has 0 amide bonds. The quantitative estimate of drug-likeness (QED) is 0.825. The average molecular weight is 278 g/mol. The van der Waals surface area contributed by atoms with Crippen LogP contribution in [0.25, 0.3) is 0 Å². The van der Waals surface area contributed by atoms with Gasteiger partial charge in [0.25, 0.3) is 0 Å². The Morgan fingerprint density at radius 3 is 2.47 bits per heavy atom. The van der Waals surface area contributed by atoms with Gasteiger partial charge in [-0.05, 0) is 17.7 Å². The largest absolute Gasteiger partial charge is 0.309 e. The summed E-state index contributed by atoms with van der Waals surface area (Å²) in [7, 11) is -3.65. The molecule has 2 rings (SSSR count). The van der Waals surface area contributed by atoms with Gasteiger partial charge in [-0.25, -0.2) is 23.5 Å². The van der Waals surface area contributed by atoms with E-state index in [-0.39, 0.29) is 4.90 Å². The number of nitrogens with two attached hydrogens (primary N) is 1. The number of aromatic nitrogens is 2. The standard InChI is InChI=1S/C12H14N4O2S/c13-19(17,18)12-3-1-2-10(4-12)5-14-6-11-7-15-9-16-8-11/h1-4,7-9,14H,5-6H2,(H2,13,17,18). The summed E-state index contributed by atoms with van der Waals surface area (Å²) in [5, 5.41) is 8.26.